The van der Waals surface area contributed by atoms with E-state index in [9.17, 15) is 4.79 Å². The summed E-state index contributed by atoms with van der Waals surface area (Å²) in [7, 11) is 0. The van der Waals surface area contributed by atoms with Crippen molar-refractivity contribution < 1.29 is 9.90 Å². The molecule has 0 heterocycles. The molecular formula is C17H25NO2. The van der Waals surface area contributed by atoms with Crippen molar-refractivity contribution in [2.75, 3.05) is 6.54 Å². The van der Waals surface area contributed by atoms with Gasteiger partial charge in [-0.2, -0.15) is 0 Å². The van der Waals surface area contributed by atoms with Crippen LogP contribution in [-0.4, -0.2) is 17.6 Å². The van der Waals surface area contributed by atoms with Gasteiger partial charge in [-0.3, -0.25) is 0 Å². The lowest BCUT2D eigenvalue weighted by Gasteiger charge is -2.34. The highest BCUT2D eigenvalue weighted by Gasteiger charge is 2.26. The molecule has 110 valence electrons. The van der Waals surface area contributed by atoms with E-state index < -0.39 is 5.97 Å². The van der Waals surface area contributed by atoms with E-state index in [0.717, 1.165) is 36.4 Å². The maximum Gasteiger partial charge on any atom is 0.335 e. The molecule has 0 bridgehead atoms. The molecule has 1 fully saturated rings. The molecule has 0 saturated heterocycles. The van der Waals surface area contributed by atoms with Crippen molar-refractivity contribution >= 4 is 5.97 Å². The number of carboxylic acids is 1. The van der Waals surface area contributed by atoms with Gasteiger partial charge in [0.1, 0.15) is 0 Å². The number of carbonyl (C=O) groups is 1. The average molecular weight is 275 g/mol. The second kappa shape index (κ2) is 6.89. The molecule has 0 aromatic heterocycles. The molecule has 2 rings (SSSR count). The summed E-state index contributed by atoms with van der Waals surface area (Å²) in [4.78, 5) is 10.9. The molecule has 0 amide bonds. The van der Waals surface area contributed by atoms with E-state index in [0.29, 0.717) is 5.56 Å². The Morgan fingerprint density at radius 2 is 2.15 bits per heavy atom. The first kappa shape index (κ1) is 15.0. The van der Waals surface area contributed by atoms with E-state index in [1.54, 1.807) is 12.1 Å². The van der Waals surface area contributed by atoms with Crippen LogP contribution in [0.5, 0.6) is 0 Å². The number of aromatic carboxylic acids is 1. The fourth-order valence-electron chi connectivity index (χ4n) is 3.20. The Morgan fingerprint density at radius 3 is 2.90 bits per heavy atom. The molecule has 2 N–H and O–H groups in total. The van der Waals surface area contributed by atoms with Crippen LogP contribution >= 0.6 is 0 Å². The quantitative estimate of drug-likeness (QED) is 0.864. The zero-order chi connectivity index (χ0) is 14.5. The Bertz CT molecular complexity index is 458. The van der Waals surface area contributed by atoms with Crippen molar-refractivity contribution in [3.63, 3.8) is 0 Å². The topological polar surface area (TPSA) is 49.3 Å². The van der Waals surface area contributed by atoms with Crippen molar-refractivity contribution in [2.24, 2.45) is 17.8 Å². The summed E-state index contributed by atoms with van der Waals surface area (Å²) < 4.78 is 0. The highest BCUT2D eigenvalue weighted by molar-refractivity contribution is 5.87. The summed E-state index contributed by atoms with van der Waals surface area (Å²) in [6, 6.07) is 7.18. The van der Waals surface area contributed by atoms with E-state index in [4.69, 9.17) is 5.11 Å². The van der Waals surface area contributed by atoms with E-state index in [2.05, 4.69) is 19.2 Å². The van der Waals surface area contributed by atoms with Crippen LogP contribution in [-0.2, 0) is 6.54 Å². The first-order valence-electron chi connectivity index (χ1n) is 7.61. The van der Waals surface area contributed by atoms with Gasteiger partial charge in [0.2, 0.25) is 0 Å². The molecule has 3 atom stereocenters. The largest absolute Gasteiger partial charge is 0.478 e. The number of benzene rings is 1. The summed E-state index contributed by atoms with van der Waals surface area (Å²) >= 11 is 0. The first-order valence-corrected chi connectivity index (χ1v) is 7.61. The Balaban J connectivity index is 1.83. The van der Waals surface area contributed by atoms with Crippen LogP contribution in [0.4, 0.5) is 0 Å². The van der Waals surface area contributed by atoms with Gasteiger partial charge < -0.3 is 10.4 Å². The lowest BCUT2D eigenvalue weighted by molar-refractivity contribution is 0.0696. The third-order valence-electron chi connectivity index (χ3n) is 4.79. The molecule has 1 aromatic carbocycles. The van der Waals surface area contributed by atoms with Crippen LogP contribution in [0.25, 0.3) is 0 Å². The van der Waals surface area contributed by atoms with Gasteiger partial charge in [-0.25, -0.2) is 4.79 Å². The number of rotatable bonds is 5. The lowest BCUT2D eigenvalue weighted by Crippen LogP contribution is -2.32. The van der Waals surface area contributed by atoms with Crippen LogP contribution in [0, 0.1) is 17.8 Å². The van der Waals surface area contributed by atoms with Crippen molar-refractivity contribution in [2.45, 2.75) is 39.7 Å². The minimum Gasteiger partial charge on any atom is -0.478 e. The molecule has 1 aliphatic carbocycles. The molecule has 3 unspecified atom stereocenters. The van der Waals surface area contributed by atoms with Gasteiger partial charge in [-0.15, -0.1) is 0 Å². The van der Waals surface area contributed by atoms with E-state index >= 15 is 0 Å². The molecule has 0 radical (unpaired) electrons. The Labute approximate surface area is 121 Å². The van der Waals surface area contributed by atoms with Crippen molar-refractivity contribution in [3.8, 4) is 0 Å². The van der Waals surface area contributed by atoms with Crippen LogP contribution in [0.3, 0.4) is 0 Å². The van der Waals surface area contributed by atoms with Crippen LogP contribution in [0.1, 0.15) is 49.0 Å². The number of hydrogen-bond acceptors (Lipinski definition) is 2. The molecule has 3 heteroatoms. The van der Waals surface area contributed by atoms with E-state index in [-0.39, 0.29) is 0 Å². The predicted molar refractivity (Wildman–Crippen MR) is 80.8 cm³/mol. The monoisotopic (exact) mass is 275 g/mol. The SMILES string of the molecule is CC1CCCC(CNCc2cccc(C(=O)O)c2)C1C. The van der Waals surface area contributed by atoms with Gasteiger partial charge in [-0.1, -0.05) is 38.8 Å². The number of nitrogens with one attached hydrogen (secondary N) is 1. The van der Waals surface area contributed by atoms with Gasteiger partial charge in [-0.05, 0) is 48.4 Å². The van der Waals surface area contributed by atoms with Crippen LogP contribution in [0.2, 0.25) is 0 Å². The third-order valence-corrected chi connectivity index (χ3v) is 4.79. The second-order valence-corrected chi connectivity index (χ2v) is 6.16. The number of hydrogen-bond donors (Lipinski definition) is 2. The molecule has 1 aromatic rings. The van der Waals surface area contributed by atoms with E-state index in [1.807, 2.05) is 12.1 Å². The zero-order valence-corrected chi connectivity index (χ0v) is 12.4. The maximum atomic E-state index is 10.9. The zero-order valence-electron chi connectivity index (χ0n) is 12.4. The standard InChI is InChI=1S/C17H25NO2/c1-12-5-3-8-16(13(12)2)11-18-10-14-6-4-7-15(9-14)17(19)20/h4,6-7,9,12-13,16,18H,3,5,8,10-11H2,1-2H3,(H,19,20). The van der Waals surface area contributed by atoms with Crippen molar-refractivity contribution in [3.05, 3.63) is 35.4 Å². The number of carboxylic acid groups (broad SMARTS) is 1. The average Bonchev–Trinajstić information content (AvgIpc) is 2.44. The highest BCUT2D eigenvalue weighted by Crippen LogP contribution is 2.33. The van der Waals surface area contributed by atoms with Gasteiger partial charge in [0, 0.05) is 6.54 Å². The first-order chi connectivity index (χ1) is 9.58. The fraction of sp³-hybridized carbons (Fsp3) is 0.588. The third kappa shape index (κ3) is 3.83. The van der Waals surface area contributed by atoms with Crippen molar-refractivity contribution in [1.82, 2.24) is 5.32 Å². The minimum atomic E-state index is -0.860. The minimum absolute atomic E-state index is 0.365. The normalized spacial score (nSPS) is 26.4. The molecular weight excluding hydrogens is 250 g/mol. The second-order valence-electron chi connectivity index (χ2n) is 6.16. The van der Waals surface area contributed by atoms with Crippen LogP contribution in [0.15, 0.2) is 24.3 Å². The molecule has 0 spiro atoms. The summed E-state index contributed by atoms with van der Waals surface area (Å²) in [6.45, 7) is 6.50. The molecule has 0 aliphatic heterocycles. The highest BCUT2D eigenvalue weighted by atomic mass is 16.4. The smallest absolute Gasteiger partial charge is 0.335 e. The molecule has 1 saturated carbocycles. The summed E-state index contributed by atoms with van der Waals surface area (Å²) in [5, 5.41) is 12.5. The van der Waals surface area contributed by atoms with Crippen LogP contribution < -0.4 is 5.32 Å². The fourth-order valence-corrected chi connectivity index (χ4v) is 3.20. The summed E-state index contributed by atoms with van der Waals surface area (Å²) in [6.07, 6.45) is 4.01. The maximum absolute atomic E-state index is 10.9. The summed E-state index contributed by atoms with van der Waals surface area (Å²) in [5.74, 6) is 1.50. The van der Waals surface area contributed by atoms with Gasteiger partial charge in [0.15, 0.2) is 0 Å². The van der Waals surface area contributed by atoms with Gasteiger partial charge in [0.25, 0.3) is 0 Å². The van der Waals surface area contributed by atoms with Gasteiger partial charge >= 0.3 is 5.97 Å². The molecule has 3 nitrogen and oxygen atoms in total. The predicted octanol–water partition coefficient (Wildman–Crippen LogP) is 3.55. The van der Waals surface area contributed by atoms with Gasteiger partial charge in [0.05, 0.1) is 5.56 Å². The lowest BCUT2D eigenvalue weighted by atomic mass is 9.74. The molecule has 20 heavy (non-hydrogen) atoms. The Kier molecular flexibility index (Phi) is 5.18. The molecule has 1 aliphatic rings. The summed E-state index contributed by atoms with van der Waals surface area (Å²) in [5.41, 5.74) is 1.41. The van der Waals surface area contributed by atoms with E-state index in [1.165, 1.54) is 19.3 Å². The Morgan fingerprint density at radius 1 is 1.35 bits per heavy atom. The van der Waals surface area contributed by atoms with Crippen molar-refractivity contribution in [1.29, 1.82) is 0 Å². The Hall–Kier alpha value is -1.35.